The Morgan fingerprint density at radius 1 is 1.16 bits per heavy atom. The van der Waals surface area contributed by atoms with Crippen molar-refractivity contribution in [3.63, 3.8) is 0 Å². The number of carbonyl (C=O) groups is 2. The van der Waals surface area contributed by atoms with E-state index in [1.54, 1.807) is 29.2 Å². The maximum Gasteiger partial charge on any atom is 0.223 e. The summed E-state index contributed by atoms with van der Waals surface area (Å²) in [5.41, 5.74) is 0.609. The van der Waals surface area contributed by atoms with Gasteiger partial charge in [0.15, 0.2) is 5.78 Å². The van der Waals surface area contributed by atoms with Crippen LogP contribution < -0.4 is 4.72 Å². The minimum Gasteiger partial charge on any atom is -0.341 e. The molecule has 0 radical (unpaired) electrons. The van der Waals surface area contributed by atoms with Crippen LogP contribution in [0, 0.1) is 5.92 Å². The number of carbonyl (C=O) groups excluding carboxylic acids is 2. The van der Waals surface area contributed by atoms with Crippen LogP contribution in [0.4, 0.5) is 0 Å². The molecule has 1 aliphatic heterocycles. The van der Waals surface area contributed by atoms with Crippen molar-refractivity contribution in [3.05, 3.63) is 35.9 Å². The molecule has 0 bridgehead atoms. The highest BCUT2D eigenvalue weighted by atomic mass is 32.2. The lowest BCUT2D eigenvalue weighted by molar-refractivity contribution is -0.130. The molecule has 1 heterocycles. The number of benzene rings is 1. The van der Waals surface area contributed by atoms with E-state index in [4.69, 9.17) is 0 Å². The Bertz CT molecular complexity index is 703. The monoisotopic (exact) mass is 366 g/mol. The van der Waals surface area contributed by atoms with E-state index in [1.165, 1.54) is 0 Å². The molecule has 6 nitrogen and oxygen atoms in total. The lowest BCUT2D eigenvalue weighted by Crippen LogP contribution is -2.40. The molecular formula is C18H26N2O4S. The molecule has 1 aromatic carbocycles. The zero-order chi connectivity index (χ0) is 18.4. The molecule has 7 heteroatoms. The second kappa shape index (κ2) is 8.58. The van der Waals surface area contributed by atoms with Crippen LogP contribution in [0.5, 0.6) is 0 Å². The van der Waals surface area contributed by atoms with Crippen molar-refractivity contribution < 1.29 is 18.0 Å². The molecule has 1 amide bonds. The number of ketones is 1. The zero-order valence-corrected chi connectivity index (χ0v) is 15.6. The van der Waals surface area contributed by atoms with Crippen LogP contribution in [0.15, 0.2) is 30.3 Å². The van der Waals surface area contributed by atoms with Crippen molar-refractivity contribution >= 4 is 21.7 Å². The van der Waals surface area contributed by atoms with E-state index in [1.807, 2.05) is 13.0 Å². The summed E-state index contributed by atoms with van der Waals surface area (Å²) in [5.74, 6) is -0.0271. The summed E-state index contributed by atoms with van der Waals surface area (Å²) in [6.45, 7) is 2.95. The van der Waals surface area contributed by atoms with E-state index in [9.17, 15) is 18.0 Å². The fourth-order valence-electron chi connectivity index (χ4n) is 3.29. The molecule has 0 unspecified atom stereocenters. The number of Topliss-reactive ketones (excluding diaryl/α,β-unsaturated/α-hetero) is 1. The van der Waals surface area contributed by atoms with E-state index in [2.05, 4.69) is 4.72 Å². The maximum atomic E-state index is 12.4. The quantitative estimate of drug-likeness (QED) is 0.712. The molecular weight excluding hydrogens is 340 g/mol. The van der Waals surface area contributed by atoms with Gasteiger partial charge in [-0.2, -0.15) is 0 Å². The Hall–Kier alpha value is -1.73. The molecule has 0 aliphatic carbocycles. The molecule has 0 saturated carbocycles. The van der Waals surface area contributed by atoms with Crippen molar-refractivity contribution in [3.8, 4) is 0 Å². The van der Waals surface area contributed by atoms with Crippen molar-refractivity contribution in [1.29, 1.82) is 0 Å². The third-order valence-corrected chi connectivity index (χ3v) is 5.21. The van der Waals surface area contributed by atoms with Crippen molar-refractivity contribution in [2.24, 2.45) is 5.92 Å². The summed E-state index contributed by atoms with van der Waals surface area (Å²) in [7, 11) is -3.31. The van der Waals surface area contributed by atoms with Crippen LogP contribution >= 0.6 is 0 Å². The topological polar surface area (TPSA) is 83.6 Å². The van der Waals surface area contributed by atoms with Gasteiger partial charge in [0.1, 0.15) is 0 Å². The van der Waals surface area contributed by atoms with Crippen molar-refractivity contribution in [2.75, 3.05) is 19.3 Å². The molecule has 1 N–H and O–H groups in total. The molecule has 0 spiro atoms. The summed E-state index contributed by atoms with van der Waals surface area (Å²) in [4.78, 5) is 26.2. The van der Waals surface area contributed by atoms with Gasteiger partial charge in [-0.05, 0) is 12.3 Å². The van der Waals surface area contributed by atoms with Gasteiger partial charge in [-0.1, -0.05) is 43.7 Å². The molecule has 1 aliphatic rings. The van der Waals surface area contributed by atoms with Gasteiger partial charge in [-0.15, -0.1) is 0 Å². The van der Waals surface area contributed by atoms with E-state index in [0.29, 0.717) is 18.7 Å². The first-order valence-corrected chi connectivity index (χ1v) is 10.5. The van der Waals surface area contributed by atoms with Gasteiger partial charge < -0.3 is 4.90 Å². The first-order valence-electron chi connectivity index (χ1n) is 8.63. The SMILES string of the molecule is CCC[C@@H]1CN(C(=O)CCC(=O)c2ccccc2)C[C@H]1NS(C)(=O)=O. The highest BCUT2D eigenvalue weighted by Gasteiger charge is 2.35. The Morgan fingerprint density at radius 2 is 1.84 bits per heavy atom. The minimum absolute atomic E-state index is 0.0518. The van der Waals surface area contributed by atoms with Crippen LogP contribution in [0.2, 0.25) is 0 Å². The molecule has 25 heavy (non-hydrogen) atoms. The average Bonchev–Trinajstić information content (AvgIpc) is 2.94. The largest absolute Gasteiger partial charge is 0.341 e. The number of rotatable bonds is 8. The van der Waals surface area contributed by atoms with Crippen LogP contribution in [0.25, 0.3) is 0 Å². The van der Waals surface area contributed by atoms with Crippen molar-refractivity contribution in [2.45, 2.75) is 38.6 Å². The Balaban J connectivity index is 1.92. The molecule has 0 aromatic heterocycles. The molecule has 2 rings (SSSR count). The van der Waals surface area contributed by atoms with Crippen LogP contribution in [-0.2, 0) is 14.8 Å². The molecule has 1 aromatic rings. The lowest BCUT2D eigenvalue weighted by Gasteiger charge is -2.17. The Kier molecular flexibility index (Phi) is 6.72. The molecule has 138 valence electrons. The van der Waals surface area contributed by atoms with Crippen LogP contribution in [0.3, 0.4) is 0 Å². The number of amides is 1. The fraction of sp³-hybridized carbons (Fsp3) is 0.556. The highest BCUT2D eigenvalue weighted by molar-refractivity contribution is 7.88. The zero-order valence-electron chi connectivity index (χ0n) is 14.8. The predicted octanol–water partition coefficient (Wildman–Crippen LogP) is 1.83. The highest BCUT2D eigenvalue weighted by Crippen LogP contribution is 2.23. The number of likely N-dealkylation sites (tertiary alicyclic amines) is 1. The number of hydrogen-bond donors (Lipinski definition) is 1. The van der Waals surface area contributed by atoms with Gasteiger partial charge in [0, 0.05) is 37.5 Å². The van der Waals surface area contributed by atoms with Gasteiger partial charge in [0.05, 0.1) is 6.26 Å². The summed E-state index contributed by atoms with van der Waals surface area (Å²) < 4.78 is 25.7. The number of nitrogens with one attached hydrogen (secondary N) is 1. The standard InChI is InChI=1S/C18H26N2O4S/c1-3-7-15-12-20(13-16(15)19-25(2,23)24)18(22)11-10-17(21)14-8-5-4-6-9-14/h4-6,8-9,15-16,19H,3,7,10-13H2,1-2H3/t15-,16-/m1/s1. The third kappa shape index (κ3) is 5.93. The molecule has 2 atom stereocenters. The normalized spacial score (nSPS) is 20.6. The summed E-state index contributed by atoms with van der Waals surface area (Å²) in [5, 5.41) is 0. The summed E-state index contributed by atoms with van der Waals surface area (Å²) in [6.07, 6.45) is 3.25. The second-order valence-electron chi connectivity index (χ2n) is 6.63. The fourth-order valence-corrected chi connectivity index (χ4v) is 4.11. The van der Waals surface area contributed by atoms with E-state index < -0.39 is 10.0 Å². The number of hydrogen-bond acceptors (Lipinski definition) is 4. The molecule has 1 saturated heterocycles. The van der Waals surface area contributed by atoms with Gasteiger partial charge in [-0.25, -0.2) is 13.1 Å². The maximum absolute atomic E-state index is 12.4. The second-order valence-corrected chi connectivity index (χ2v) is 8.41. The van der Waals surface area contributed by atoms with Gasteiger partial charge in [0.25, 0.3) is 0 Å². The van der Waals surface area contributed by atoms with Gasteiger partial charge >= 0.3 is 0 Å². The smallest absolute Gasteiger partial charge is 0.223 e. The predicted molar refractivity (Wildman–Crippen MR) is 96.8 cm³/mol. The summed E-state index contributed by atoms with van der Waals surface area (Å²) >= 11 is 0. The lowest BCUT2D eigenvalue weighted by atomic mass is 9.99. The Labute approximate surface area is 149 Å². The molecule has 1 fully saturated rings. The third-order valence-electron chi connectivity index (χ3n) is 4.48. The number of sulfonamides is 1. The van der Waals surface area contributed by atoms with E-state index in [0.717, 1.165) is 19.1 Å². The van der Waals surface area contributed by atoms with E-state index >= 15 is 0 Å². The minimum atomic E-state index is -3.31. The average molecular weight is 366 g/mol. The summed E-state index contributed by atoms with van der Waals surface area (Å²) in [6, 6.07) is 8.68. The van der Waals surface area contributed by atoms with Crippen LogP contribution in [-0.4, -0.2) is 50.4 Å². The Morgan fingerprint density at radius 3 is 2.44 bits per heavy atom. The van der Waals surface area contributed by atoms with Crippen LogP contribution in [0.1, 0.15) is 43.0 Å². The number of nitrogens with zero attached hydrogens (tertiary/aromatic N) is 1. The first kappa shape index (κ1) is 19.6. The van der Waals surface area contributed by atoms with E-state index in [-0.39, 0.29) is 36.5 Å². The van der Waals surface area contributed by atoms with Gasteiger partial charge in [0.2, 0.25) is 15.9 Å². The van der Waals surface area contributed by atoms with Gasteiger partial charge in [-0.3, -0.25) is 9.59 Å². The van der Waals surface area contributed by atoms with Crippen molar-refractivity contribution in [1.82, 2.24) is 9.62 Å². The first-order chi connectivity index (χ1) is 11.8.